The highest BCUT2D eigenvalue weighted by atomic mass is 15.1. The average molecular weight is 208 g/mol. The normalized spacial score (nSPS) is 11.3. The molecular formula is C11H20N4. The Kier molecular flexibility index (Phi) is 5.21. The van der Waals surface area contributed by atoms with Crippen LogP contribution in [0.5, 0.6) is 0 Å². The van der Waals surface area contributed by atoms with Crippen molar-refractivity contribution in [3.63, 3.8) is 0 Å². The molecule has 0 radical (unpaired) electrons. The maximum atomic E-state index is 3.99. The molecule has 0 unspecified atom stereocenters. The summed E-state index contributed by atoms with van der Waals surface area (Å²) in [5.41, 5.74) is 1.16. The fourth-order valence-corrected chi connectivity index (χ4v) is 1.35. The van der Waals surface area contributed by atoms with Crippen LogP contribution < -0.4 is 5.32 Å². The van der Waals surface area contributed by atoms with Gasteiger partial charge in [-0.2, -0.15) is 0 Å². The number of aromatic nitrogens is 2. The van der Waals surface area contributed by atoms with E-state index in [0.717, 1.165) is 25.2 Å². The lowest BCUT2D eigenvalue weighted by molar-refractivity contribution is 0.319. The first-order chi connectivity index (χ1) is 7.18. The monoisotopic (exact) mass is 208 g/mol. The summed E-state index contributed by atoms with van der Waals surface area (Å²) in [6.45, 7) is 7.27. The molecule has 0 aliphatic rings. The summed E-state index contributed by atoms with van der Waals surface area (Å²) in [7, 11) is 2.11. The Labute approximate surface area is 91.7 Å². The van der Waals surface area contributed by atoms with E-state index >= 15 is 0 Å². The van der Waals surface area contributed by atoms with Gasteiger partial charge in [0.1, 0.15) is 6.33 Å². The van der Waals surface area contributed by atoms with E-state index in [-0.39, 0.29) is 0 Å². The zero-order valence-corrected chi connectivity index (χ0v) is 9.77. The standard InChI is InChI=1S/C11H20N4/c1-10(2)14-4-5-15(3)8-11-6-12-9-13-7-11/h6-7,9-10,14H,4-5,8H2,1-3H3. The van der Waals surface area contributed by atoms with Crippen molar-refractivity contribution >= 4 is 0 Å². The second kappa shape index (κ2) is 6.48. The minimum Gasteiger partial charge on any atom is -0.313 e. The van der Waals surface area contributed by atoms with Gasteiger partial charge >= 0.3 is 0 Å². The van der Waals surface area contributed by atoms with Gasteiger partial charge in [0.2, 0.25) is 0 Å². The van der Waals surface area contributed by atoms with Crippen LogP contribution in [0, 0.1) is 0 Å². The number of rotatable bonds is 6. The van der Waals surface area contributed by atoms with Crippen molar-refractivity contribution in [3.8, 4) is 0 Å². The molecule has 1 aromatic rings. The van der Waals surface area contributed by atoms with Gasteiger partial charge in [0.15, 0.2) is 0 Å². The maximum Gasteiger partial charge on any atom is 0.115 e. The van der Waals surface area contributed by atoms with Crippen LogP contribution in [0.1, 0.15) is 19.4 Å². The minimum atomic E-state index is 0.554. The summed E-state index contributed by atoms with van der Waals surface area (Å²) in [4.78, 5) is 10.2. The molecule has 1 aromatic heterocycles. The molecule has 0 aliphatic carbocycles. The molecule has 0 saturated carbocycles. The van der Waals surface area contributed by atoms with E-state index in [1.54, 1.807) is 6.33 Å². The van der Waals surface area contributed by atoms with Crippen molar-refractivity contribution in [1.82, 2.24) is 20.2 Å². The molecule has 15 heavy (non-hydrogen) atoms. The molecule has 0 aliphatic heterocycles. The van der Waals surface area contributed by atoms with Gasteiger partial charge in [-0.25, -0.2) is 9.97 Å². The Hall–Kier alpha value is -1.00. The number of nitrogens with zero attached hydrogens (tertiary/aromatic N) is 3. The predicted octanol–water partition coefficient (Wildman–Crippen LogP) is 0.906. The van der Waals surface area contributed by atoms with Gasteiger partial charge in [-0.3, -0.25) is 0 Å². The zero-order chi connectivity index (χ0) is 11.1. The summed E-state index contributed by atoms with van der Waals surface area (Å²) in [6, 6.07) is 0.554. The minimum absolute atomic E-state index is 0.554. The molecule has 1 heterocycles. The third-order valence-electron chi connectivity index (χ3n) is 2.11. The van der Waals surface area contributed by atoms with Crippen molar-refractivity contribution in [1.29, 1.82) is 0 Å². The van der Waals surface area contributed by atoms with Crippen LogP contribution in [0.2, 0.25) is 0 Å². The van der Waals surface area contributed by atoms with Crippen molar-refractivity contribution in [3.05, 3.63) is 24.3 Å². The first-order valence-corrected chi connectivity index (χ1v) is 5.34. The van der Waals surface area contributed by atoms with Crippen LogP contribution in [0.25, 0.3) is 0 Å². The van der Waals surface area contributed by atoms with Crippen LogP contribution >= 0.6 is 0 Å². The lowest BCUT2D eigenvalue weighted by atomic mass is 10.3. The highest BCUT2D eigenvalue weighted by molar-refractivity contribution is 5.01. The van der Waals surface area contributed by atoms with Crippen molar-refractivity contribution in [2.45, 2.75) is 26.4 Å². The topological polar surface area (TPSA) is 41.0 Å². The number of nitrogens with one attached hydrogen (secondary N) is 1. The number of likely N-dealkylation sites (N-methyl/N-ethyl adjacent to an activating group) is 1. The van der Waals surface area contributed by atoms with Gasteiger partial charge in [0.05, 0.1) is 0 Å². The van der Waals surface area contributed by atoms with E-state index in [4.69, 9.17) is 0 Å². The lowest BCUT2D eigenvalue weighted by Gasteiger charge is -2.17. The first-order valence-electron chi connectivity index (χ1n) is 5.34. The molecular weight excluding hydrogens is 188 g/mol. The molecule has 84 valence electrons. The van der Waals surface area contributed by atoms with Gasteiger partial charge in [-0.1, -0.05) is 13.8 Å². The van der Waals surface area contributed by atoms with Gasteiger partial charge in [-0.05, 0) is 7.05 Å². The van der Waals surface area contributed by atoms with E-state index in [1.807, 2.05) is 12.4 Å². The fourth-order valence-electron chi connectivity index (χ4n) is 1.35. The molecule has 0 atom stereocenters. The Morgan fingerprint density at radius 2 is 2.00 bits per heavy atom. The molecule has 0 aromatic carbocycles. The van der Waals surface area contributed by atoms with E-state index in [2.05, 4.69) is 41.1 Å². The van der Waals surface area contributed by atoms with Gasteiger partial charge < -0.3 is 10.2 Å². The molecule has 1 rings (SSSR count). The van der Waals surface area contributed by atoms with Crippen LogP contribution in [0.3, 0.4) is 0 Å². The van der Waals surface area contributed by atoms with Crippen LogP contribution in [-0.2, 0) is 6.54 Å². The summed E-state index contributed by atoms with van der Waals surface area (Å²) in [6.07, 6.45) is 5.28. The Balaban J connectivity index is 2.21. The van der Waals surface area contributed by atoms with Crippen molar-refractivity contribution in [2.75, 3.05) is 20.1 Å². The highest BCUT2D eigenvalue weighted by Gasteiger charge is 2.00. The third-order valence-corrected chi connectivity index (χ3v) is 2.11. The molecule has 0 fully saturated rings. The maximum absolute atomic E-state index is 3.99. The molecule has 1 N–H and O–H groups in total. The SMILES string of the molecule is CC(C)NCCN(C)Cc1cncnc1. The number of hydrogen-bond acceptors (Lipinski definition) is 4. The average Bonchev–Trinajstić information content (AvgIpc) is 2.18. The quantitative estimate of drug-likeness (QED) is 0.754. The number of hydrogen-bond donors (Lipinski definition) is 1. The zero-order valence-electron chi connectivity index (χ0n) is 9.77. The van der Waals surface area contributed by atoms with E-state index < -0.39 is 0 Å². The molecule has 0 bridgehead atoms. The van der Waals surface area contributed by atoms with Crippen LogP contribution in [-0.4, -0.2) is 41.0 Å². The Morgan fingerprint density at radius 1 is 1.33 bits per heavy atom. The molecule has 4 nitrogen and oxygen atoms in total. The summed E-state index contributed by atoms with van der Waals surface area (Å²) < 4.78 is 0. The summed E-state index contributed by atoms with van der Waals surface area (Å²) >= 11 is 0. The van der Waals surface area contributed by atoms with E-state index in [9.17, 15) is 0 Å². The Morgan fingerprint density at radius 3 is 2.60 bits per heavy atom. The van der Waals surface area contributed by atoms with Gasteiger partial charge in [0.25, 0.3) is 0 Å². The van der Waals surface area contributed by atoms with Gasteiger partial charge in [0, 0.05) is 43.6 Å². The molecule has 4 heteroatoms. The van der Waals surface area contributed by atoms with Crippen LogP contribution in [0.15, 0.2) is 18.7 Å². The van der Waals surface area contributed by atoms with E-state index in [1.165, 1.54) is 0 Å². The van der Waals surface area contributed by atoms with Crippen molar-refractivity contribution < 1.29 is 0 Å². The molecule has 0 spiro atoms. The second-order valence-corrected chi connectivity index (χ2v) is 4.09. The predicted molar refractivity (Wildman–Crippen MR) is 61.5 cm³/mol. The summed E-state index contributed by atoms with van der Waals surface area (Å²) in [5, 5.41) is 3.39. The lowest BCUT2D eigenvalue weighted by Crippen LogP contribution is -2.32. The smallest absolute Gasteiger partial charge is 0.115 e. The summed E-state index contributed by atoms with van der Waals surface area (Å²) in [5.74, 6) is 0. The third kappa shape index (κ3) is 5.44. The largest absolute Gasteiger partial charge is 0.313 e. The van der Waals surface area contributed by atoms with Crippen molar-refractivity contribution in [2.24, 2.45) is 0 Å². The van der Waals surface area contributed by atoms with E-state index in [0.29, 0.717) is 6.04 Å². The van der Waals surface area contributed by atoms with Crippen LogP contribution in [0.4, 0.5) is 0 Å². The Bertz CT molecular complexity index is 261. The van der Waals surface area contributed by atoms with Gasteiger partial charge in [-0.15, -0.1) is 0 Å². The molecule has 0 amide bonds. The fraction of sp³-hybridized carbons (Fsp3) is 0.636. The second-order valence-electron chi connectivity index (χ2n) is 4.09. The molecule has 0 saturated heterocycles. The highest BCUT2D eigenvalue weighted by Crippen LogP contribution is 1.97. The first kappa shape index (κ1) is 12.1.